The van der Waals surface area contributed by atoms with Crippen molar-refractivity contribution in [3.05, 3.63) is 5.82 Å². The summed E-state index contributed by atoms with van der Waals surface area (Å²) in [7, 11) is 0. The highest BCUT2D eigenvalue weighted by Gasteiger charge is 2.19. The molecule has 14 heavy (non-hydrogen) atoms. The summed E-state index contributed by atoms with van der Waals surface area (Å²) in [5.74, 6) is -0.178. The minimum atomic E-state index is -0.853. The molecule has 1 heterocycles. The summed E-state index contributed by atoms with van der Waals surface area (Å²) in [6.45, 7) is 2.14. The molecular formula is C7H11N3O2S2. The maximum absolute atomic E-state index is 10.8. The molecule has 0 aliphatic heterocycles. The molecule has 0 radical (unpaired) electrons. The van der Waals surface area contributed by atoms with Crippen molar-refractivity contribution >= 4 is 29.3 Å². The van der Waals surface area contributed by atoms with Gasteiger partial charge < -0.3 is 10.8 Å². The van der Waals surface area contributed by atoms with Gasteiger partial charge in [-0.2, -0.15) is 4.37 Å². The van der Waals surface area contributed by atoms with E-state index in [-0.39, 0.29) is 0 Å². The molecule has 5 nitrogen and oxygen atoms in total. The molecule has 1 aromatic rings. The van der Waals surface area contributed by atoms with Crippen molar-refractivity contribution in [2.75, 3.05) is 6.54 Å². The summed E-state index contributed by atoms with van der Waals surface area (Å²) in [4.78, 5) is 14.9. The van der Waals surface area contributed by atoms with E-state index in [1.54, 1.807) is 6.92 Å². The van der Waals surface area contributed by atoms with E-state index < -0.39 is 11.2 Å². The quantitative estimate of drug-likeness (QED) is 0.729. The van der Waals surface area contributed by atoms with Gasteiger partial charge in [-0.1, -0.05) is 11.8 Å². The lowest BCUT2D eigenvalue weighted by Crippen LogP contribution is -2.20. The molecule has 0 aliphatic rings. The molecule has 78 valence electrons. The predicted octanol–water partition coefficient (Wildman–Crippen LogP) is 0.741. The van der Waals surface area contributed by atoms with Crippen LogP contribution in [0, 0.1) is 6.92 Å². The van der Waals surface area contributed by atoms with Gasteiger partial charge in [0.1, 0.15) is 11.1 Å². The minimum absolute atomic E-state index is 0.363. The summed E-state index contributed by atoms with van der Waals surface area (Å²) >= 11 is 2.43. The Morgan fingerprint density at radius 3 is 2.93 bits per heavy atom. The largest absolute Gasteiger partial charge is 0.480 e. The summed E-state index contributed by atoms with van der Waals surface area (Å²) in [6, 6.07) is 0. The van der Waals surface area contributed by atoms with Crippen LogP contribution >= 0.6 is 23.3 Å². The van der Waals surface area contributed by atoms with Crippen molar-refractivity contribution in [2.45, 2.75) is 22.9 Å². The van der Waals surface area contributed by atoms with E-state index in [1.165, 1.54) is 23.3 Å². The average molecular weight is 233 g/mol. The Balaban J connectivity index is 2.59. The number of rotatable bonds is 5. The van der Waals surface area contributed by atoms with E-state index in [9.17, 15) is 4.79 Å². The van der Waals surface area contributed by atoms with Crippen molar-refractivity contribution in [1.82, 2.24) is 9.36 Å². The maximum Gasteiger partial charge on any atom is 0.317 e. The van der Waals surface area contributed by atoms with Gasteiger partial charge in [0.15, 0.2) is 4.34 Å². The minimum Gasteiger partial charge on any atom is -0.480 e. The number of hydrogen-bond acceptors (Lipinski definition) is 6. The fourth-order valence-corrected chi connectivity index (χ4v) is 2.67. The lowest BCUT2D eigenvalue weighted by Gasteiger charge is -2.06. The van der Waals surface area contributed by atoms with Crippen molar-refractivity contribution < 1.29 is 9.90 Å². The Morgan fingerprint density at radius 2 is 2.50 bits per heavy atom. The normalized spacial score (nSPS) is 12.7. The van der Waals surface area contributed by atoms with Crippen LogP contribution in [0.5, 0.6) is 0 Å². The second-order valence-electron chi connectivity index (χ2n) is 2.63. The highest BCUT2D eigenvalue weighted by atomic mass is 32.2. The van der Waals surface area contributed by atoms with Crippen LogP contribution in [-0.2, 0) is 4.79 Å². The third-order valence-electron chi connectivity index (χ3n) is 1.46. The first-order valence-electron chi connectivity index (χ1n) is 4.03. The second kappa shape index (κ2) is 5.28. The number of nitrogens with zero attached hydrogens (tertiary/aromatic N) is 2. The molecule has 0 spiro atoms. The molecule has 3 N–H and O–H groups in total. The Hall–Kier alpha value is -0.660. The van der Waals surface area contributed by atoms with Crippen LogP contribution in [0.3, 0.4) is 0 Å². The molecule has 0 aromatic carbocycles. The van der Waals surface area contributed by atoms with Crippen molar-refractivity contribution in [1.29, 1.82) is 0 Å². The van der Waals surface area contributed by atoms with Crippen molar-refractivity contribution in [3.63, 3.8) is 0 Å². The Morgan fingerprint density at radius 1 is 1.79 bits per heavy atom. The van der Waals surface area contributed by atoms with E-state index in [2.05, 4.69) is 9.36 Å². The number of carboxylic acids is 1. The second-order valence-corrected chi connectivity index (χ2v) is 4.83. The standard InChI is InChI=1S/C7H11N3O2S2/c1-4-9-7(14-10-4)13-5(2-3-8)6(11)12/h5H,2-3,8H2,1H3,(H,11,12). The smallest absolute Gasteiger partial charge is 0.317 e. The lowest BCUT2D eigenvalue weighted by atomic mass is 10.3. The first kappa shape index (κ1) is 11.4. The lowest BCUT2D eigenvalue weighted by molar-refractivity contribution is -0.136. The van der Waals surface area contributed by atoms with Gasteiger partial charge in [0.2, 0.25) is 0 Å². The number of carbonyl (C=O) groups is 1. The van der Waals surface area contributed by atoms with Gasteiger partial charge in [-0.15, -0.1) is 0 Å². The highest BCUT2D eigenvalue weighted by Crippen LogP contribution is 2.26. The van der Waals surface area contributed by atoms with E-state index in [1.807, 2.05) is 0 Å². The van der Waals surface area contributed by atoms with E-state index in [0.717, 1.165) is 0 Å². The molecule has 0 saturated heterocycles. The van der Waals surface area contributed by atoms with Crippen molar-refractivity contribution in [3.8, 4) is 0 Å². The molecule has 1 atom stereocenters. The number of carboxylic acid groups (broad SMARTS) is 1. The molecule has 0 fully saturated rings. The zero-order valence-electron chi connectivity index (χ0n) is 7.64. The Kier molecular flexibility index (Phi) is 4.30. The summed E-state index contributed by atoms with van der Waals surface area (Å²) < 4.78 is 4.66. The predicted molar refractivity (Wildman–Crippen MR) is 55.6 cm³/mol. The Labute approximate surface area is 89.9 Å². The third kappa shape index (κ3) is 3.24. The molecule has 1 unspecified atom stereocenters. The zero-order chi connectivity index (χ0) is 10.6. The van der Waals surface area contributed by atoms with Crippen LogP contribution in [0.15, 0.2) is 4.34 Å². The highest BCUT2D eigenvalue weighted by molar-refractivity contribution is 8.02. The van der Waals surface area contributed by atoms with Gasteiger partial charge in [0, 0.05) is 0 Å². The van der Waals surface area contributed by atoms with Gasteiger partial charge in [0.25, 0.3) is 0 Å². The molecular weight excluding hydrogens is 222 g/mol. The topological polar surface area (TPSA) is 89.1 Å². The summed E-state index contributed by atoms with van der Waals surface area (Å²) in [5, 5.41) is 8.33. The van der Waals surface area contributed by atoms with Gasteiger partial charge >= 0.3 is 5.97 Å². The first-order valence-corrected chi connectivity index (χ1v) is 5.68. The molecule has 0 amide bonds. The van der Waals surface area contributed by atoms with Crippen LogP contribution < -0.4 is 5.73 Å². The fraction of sp³-hybridized carbons (Fsp3) is 0.571. The van der Waals surface area contributed by atoms with Crippen LogP contribution in [0.25, 0.3) is 0 Å². The van der Waals surface area contributed by atoms with Gasteiger partial charge in [-0.3, -0.25) is 4.79 Å². The number of aromatic nitrogens is 2. The van der Waals surface area contributed by atoms with Gasteiger partial charge in [-0.25, -0.2) is 4.98 Å². The molecule has 7 heteroatoms. The van der Waals surface area contributed by atoms with Crippen LogP contribution in [0.4, 0.5) is 0 Å². The van der Waals surface area contributed by atoms with E-state index >= 15 is 0 Å². The molecule has 1 aromatic heterocycles. The number of hydrogen-bond donors (Lipinski definition) is 2. The van der Waals surface area contributed by atoms with Crippen LogP contribution in [0.2, 0.25) is 0 Å². The third-order valence-corrected chi connectivity index (χ3v) is 3.59. The number of nitrogens with two attached hydrogens (primary N) is 1. The molecule has 0 aliphatic carbocycles. The van der Waals surface area contributed by atoms with Crippen LogP contribution in [0.1, 0.15) is 12.2 Å². The number of aliphatic carboxylic acids is 1. The average Bonchev–Trinajstić information content (AvgIpc) is 2.50. The number of aryl methyl sites for hydroxylation is 1. The maximum atomic E-state index is 10.8. The fourth-order valence-electron chi connectivity index (χ4n) is 0.832. The monoisotopic (exact) mass is 233 g/mol. The van der Waals surface area contributed by atoms with Gasteiger partial charge in [-0.05, 0) is 31.4 Å². The first-order chi connectivity index (χ1) is 6.63. The zero-order valence-corrected chi connectivity index (χ0v) is 9.27. The van der Waals surface area contributed by atoms with Gasteiger partial charge in [0.05, 0.1) is 0 Å². The molecule has 1 rings (SSSR count). The van der Waals surface area contributed by atoms with E-state index in [4.69, 9.17) is 10.8 Å². The molecule has 0 saturated carbocycles. The Bertz CT molecular complexity index is 316. The molecule has 0 bridgehead atoms. The summed E-state index contributed by atoms with van der Waals surface area (Å²) in [5.41, 5.74) is 5.32. The summed E-state index contributed by atoms with van der Waals surface area (Å²) in [6.07, 6.45) is 0.443. The van der Waals surface area contributed by atoms with E-state index in [0.29, 0.717) is 23.1 Å². The van der Waals surface area contributed by atoms with Crippen LogP contribution in [-0.4, -0.2) is 32.2 Å². The van der Waals surface area contributed by atoms with Crippen molar-refractivity contribution in [2.24, 2.45) is 5.73 Å². The number of thioether (sulfide) groups is 1. The SMILES string of the molecule is Cc1nsc(SC(CCN)C(=O)O)n1.